The summed E-state index contributed by atoms with van der Waals surface area (Å²) in [6, 6.07) is 15.4. The van der Waals surface area contributed by atoms with Crippen LogP contribution >= 0.6 is 27.7 Å². The van der Waals surface area contributed by atoms with Crippen LogP contribution in [0.15, 0.2) is 92.2 Å². The number of aromatic amines is 1. The molecule has 5 nitrogen and oxygen atoms in total. The van der Waals surface area contributed by atoms with Crippen molar-refractivity contribution in [3.63, 3.8) is 0 Å². The first-order valence-electron chi connectivity index (χ1n) is 10.0. The maximum absolute atomic E-state index is 15.3. The molecule has 0 unspecified atom stereocenters. The predicted octanol–water partition coefficient (Wildman–Crippen LogP) is 6.77. The van der Waals surface area contributed by atoms with E-state index in [0.717, 1.165) is 21.3 Å². The lowest BCUT2D eigenvalue weighted by Crippen LogP contribution is -2.12. The first kappa shape index (κ1) is 22.8. The van der Waals surface area contributed by atoms with Gasteiger partial charge in [0, 0.05) is 38.8 Å². The van der Waals surface area contributed by atoms with Crippen molar-refractivity contribution in [3.8, 4) is 11.3 Å². The van der Waals surface area contributed by atoms with E-state index in [1.165, 1.54) is 36.7 Å². The summed E-state index contributed by atoms with van der Waals surface area (Å²) in [6.07, 6.45) is 2.93. The number of H-pyrrole nitrogens is 1. The highest BCUT2D eigenvalue weighted by Crippen LogP contribution is 2.42. The van der Waals surface area contributed by atoms with Gasteiger partial charge in [0.05, 0.1) is 21.0 Å². The van der Waals surface area contributed by atoms with Crippen LogP contribution in [0.2, 0.25) is 0 Å². The molecule has 0 atom stereocenters. The van der Waals surface area contributed by atoms with Crippen LogP contribution < -0.4 is 0 Å². The van der Waals surface area contributed by atoms with Crippen LogP contribution in [0, 0.1) is 18.6 Å². The van der Waals surface area contributed by atoms with E-state index in [9.17, 15) is 12.8 Å². The summed E-state index contributed by atoms with van der Waals surface area (Å²) < 4.78 is 57.4. The van der Waals surface area contributed by atoms with E-state index in [-0.39, 0.29) is 15.3 Å². The van der Waals surface area contributed by atoms with Crippen LogP contribution in [0.3, 0.4) is 0 Å². The van der Waals surface area contributed by atoms with Gasteiger partial charge in [-0.05, 0) is 65.3 Å². The Bertz CT molecular complexity index is 1630. The second kappa shape index (κ2) is 8.68. The van der Waals surface area contributed by atoms with Crippen molar-refractivity contribution in [2.45, 2.75) is 21.6 Å². The second-order valence-corrected chi connectivity index (χ2v) is 11.3. The number of benzene rings is 3. The third-order valence-corrected chi connectivity index (χ3v) is 9.22. The van der Waals surface area contributed by atoms with Crippen LogP contribution in [0.5, 0.6) is 0 Å². The number of rotatable bonds is 5. The zero-order chi connectivity index (χ0) is 24.0. The number of nitrogens with zero attached hydrogens (tertiary/aromatic N) is 2. The third-order valence-electron chi connectivity index (χ3n) is 5.33. The molecule has 0 saturated carbocycles. The molecule has 10 heteroatoms. The lowest BCUT2D eigenvalue weighted by molar-refractivity contribution is 0.588. The summed E-state index contributed by atoms with van der Waals surface area (Å²) in [7, 11) is -3.91. The number of fused-ring (bicyclic) bond motifs is 1. The monoisotopic (exact) mass is 559 g/mol. The molecular weight excluding hydrogens is 544 g/mol. The molecule has 0 aliphatic heterocycles. The van der Waals surface area contributed by atoms with E-state index in [4.69, 9.17) is 0 Å². The summed E-state index contributed by atoms with van der Waals surface area (Å²) in [5.74, 6) is -1.03. The number of nitrogens with one attached hydrogen (secondary N) is 1. The highest BCUT2D eigenvalue weighted by Gasteiger charge is 2.23. The van der Waals surface area contributed by atoms with Crippen molar-refractivity contribution in [2.75, 3.05) is 0 Å². The Labute approximate surface area is 207 Å². The fourth-order valence-corrected chi connectivity index (χ4v) is 6.60. The molecule has 5 rings (SSSR count). The molecule has 1 N–H and O–H groups in total. The molecule has 172 valence electrons. The number of halogens is 3. The molecule has 0 fully saturated rings. The zero-order valence-electron chi connectivity index (χ0n) is 17.6. The Morgan fingerprint density at radius 2 is 1.76 bits per heavy atom. The van der Waals surface area contributed by atoms with Crippen molar-refractivity contribution < 1.29 is 17.2 Å². The summed E-state index contributed by atoms with van der Waals surface area (Å²) in [6.45, 7) is 1.87. The normalized spacial score (nSPS) is 11.9. The molecule has 0 radical (unpaired) electrons. The zero-order valence-corrected chi connectivity index (χ0v) is 20.8. The largest absolute Gasteiger partial charge is 0.278 e. The Kier molecular flexibility index (Phi) is 5.83. The fraction of sp³-hybridized carbons (Fsp3) is 0.0417. The maximum Gasteiger partial charge on any atom is 0.268 e. The Morgan fingerprint density at radius 1 is 1.00 bits per heavy atom. The number of hydrogen-bond acceptors (Lipinski definition) is 4. The summed E-state index contributed by atoms with van der Waals surface area (Å²) >= 11 is 4.56. The van der Waals surface area contributed by atoms with E-state index < -0.39 is 21.7 Å². The fourth-order valence-electron chi connectivity index (χ4n) is 3.59. The van der Waals surface area contributed by atoms with Crippen LogP contribution in [-0.2, 0) is 10.0 Å². The van der Waals surface area contributed by atoms with Gasteiger partial charge in [-0.3, -0.25) is 5.10 Å². The molecule has 34 heavy (non-hydrogen) atoms. The van der Waals surface area contributed by atoms with Gasteiger partial charge < -0.3 is 0 Å². The Hall–Kier alpha value is -2.95. The van der Waals surface area contributed by atoms with Crippen molar-refractivity contribution >= 4 is 48.6 Å². The van der Waals surface area contributed by atoms with Crippen molar-refractivity contribution in [1.29, 1.82) is 0 Å². The van der Waals surface area contributed by atoms with Crippen LogP contribution in [0.25, 0.3) is 22.2 Å². The molecule has 0 bridgehead atoms. The predicted molar refractivity (Wildman–Crippen MR) is 131 cm³/mol. The first-order chi connectivity index (χ1) is 16.3. The average molecular weight is 560 g/mol. The van der Waals surface area contributed by atoms with Gasteiger partial charge in [-0.2, -0.15) is 5.10 Å². The Balaban J connectivity index is 1.57. The standard InChI is InChI=1S/C24H16BrF2N3O2S2/c1-14-2-5-16(6-3-14)34(31,32)30-11-9-17-22(30)13-20(27)24(23(17)25)33-15-4-7-19(26)18(12-15)21-8-10-28-29-21/h2-13H,1H3,(H,28,29). The smallest absolute Gasteiger partial charge is 0.268 e. The van der Waals surface area contributed by atoms with Gasteiger partial charge in [0.25, 0.3) is 10.0 Å². The minimum atomic E-state index is -3.91. The lowest BCUT2D eigenvalue weighted by atomic mass is 10.1. The number of hydrogen-bond donors (Lipinski definition) is 1. The molecule has 0 saturated heterocycles. The second-order valence-electron chi connectivity index (χ2n) is 7.58. The molecule has 0 aliphatic rings. The molecule has 0 spiro atoms. The van der Waals surface area contributed by atoms with Gasteiger partial charge in [0.2, 0.25) is 0 Å². The quantitative estimate of drug-likeness (QED) is 0.258. The summed E-state index contributed by atoms with van der Waals surface area (Å²) in [5, 5.41) is 7.11. The van der Waals surface area contributed by atoms with Gasteiger partial charge in [-0.25, -0.2) is 21.2 Å². The molecule has 5 aromatic rings. The van der Waals surface area contributed by atoms with E-state index in [1.54, 1.807) is 36.4 Å². The lowest BCUT2D eigenvalue weighted by Gasteiger charge is -2.12. The van der Waals surface area contributed by atoms with Gasteiger partial charge in [0.1, 0.15) is 11.6 Å². The van der Waals surface area contributed by atoms with Crippen LogP contribution in [0.1, 0.15) is 5.56 Å². The number of aromatic nitrogens is 3. The minimum absolute atomic E-state index is 0.114. The molecule has 0 aliphatic carbocycles. The van der Waals surface area contributed by atoms with E-state index in [1.807, 2.05) is 6.92 Å². The minimum Gasteiger partial charge on any atom is -0.278 e. The van der Waals surface area contributed by atoms with Gasteiger partial charge in [-0.1, -0.05) is 29.5 Å². The highest BCUT2D eigenvalue weighted by molar-refractivity contribution is 9.10. The van der Waals surface area contributed by atoms with Crippen molar-refractivity contribution in [2.24, 2.45) is 0 Å². The Morgan fingerprint density at radius 3 is 2.47 bits per heavy atom. The number of aryl methyl sites for hydroxylation is 1. The summed E-state index contributed by atoms with van der Waals surface area (Å²) in [5.41, 5.74) is 1.97. The molecule has 2 heterocycles. The average Bonchev–Trinajstić information content (AvgIpc) is 3.48. The van der Waals surface area contributed by atoms with Crippen molar-refractivity contribution in [3.05, 3.63) is 94.7 Å². The van der Waals surface area contributed by atoms with Crippen LogP contribution in [-0.4, -0.2) is 22.6 Å². The first-order valence-corrected chi connectivity index (χ1v) is 13.1. The van der Waals surface area contributed by atoms with Crippen LogP contribution in [0.4, 0.5) is 8.78 Å². The molecule has 0 amide bonds. The molecule has 3 aromatic carbocycles. The summed E-state index contributed by atoms with van der Waals surface area (Å²) in [4.78, 5) is 0.986. The van der Waals surface area contributed by atoms with Crippen molar-refractivity contribution in [1.82, 2.24) is 14.2 Å². The van der Waals surface area contributed by atoms with Gasteiger partial charge >= 0.3 is 0 Å². The van der Waals surface area contributed by atoms with Gasteiger partial charge in [-0.15, -0.1) is 0 Å². The highest BCUT2D eigenvalue weighted by atomic mass is 79.9. The third kappa shape index (κ3) is 3.95. The molecular formula is C24H16BrF2N3O2S2. The SMILES string of the molecule is Cc1ccc(S(=O)(=O)n2ccc3c(Br)c(Sc4ccc(F)c(-c5ccn[nH]5)c4)c(F)cc32)cc1. The molecule has 2 aromatic heterocycles. The topological polar surface area (TPSA) is 67.8 Å². The van der Waals surface area contributed by atoms with E-state index in [2.05, 4.69) is 26.1 Å². The maximum atomic E-state index is 15.3. The van der Waals surface area contributed by atoms with E-state index >= 15 is 4.39 Å². The van der Waals surface area contributed by atoms with E-state index in [0.29, 0.717) is 26.0 Å². The van der Waals surface area contributed by atoms with Gasteiger partial charge in [0.15, 0.2) is 0 Å².